The van der Waals surface area contributed by atoms with E-state index in [1.807, 2.05) is 5.32 Å². The molecule has 2 aromatic rings. The van der Waals surface area contributed by atoms with E-state index in [-0.39, 0.29) is 10.7 Å². The molecule has 2 heterocycles. The van der Waals surface area contributed by atoms with Crippen LogP contribution in [0.5, 0.6) is 0 Å². The summed E-state index contributed by atoms with van der Waals surface area (Å²) in [6.45, 7) is -0.424. The second-order valence-corrected chi connectivity index (χ2v) is 6.25. The zero-order valence-corrected chi connectivity index (χ0v) is 12.6. The normalized spacial score (nSPS) is 22.5. The van der Waals surface area contributed by atoms with Gasteiger partial charge in [-0.05, 0) is 17.7 Å². The number of nitrogen functional groups attached to an aromatic ring is 1. The summed E-state index contributed by atoms with van der Waals surface area (Å²) in [5.41, 5.74) is 2.50. The lowest BCUT2D eigenvalue weighted by Gasteiger charge is -2.41. The van der Waals surface area contributed by atoms with Gasteiger partial charge in [-0.1, -0.05) is 17.4 Å². The molecule has 0 aliphatic carbocycles. The Hall–Kier alpha value is -2.36. The van der Waals surface area contributed by atoms with E-state index in [0.717, 1.165) is 29.4 Å². The predicted octanol–water partition coefficient (Wildman–Crippen LogP) is 1.22. The Morgan fingerprint density at radius 2 is 2.09 bits per heavy atom. The third-order valence-electron chi connectivity index (χ3n) is 3.64. The number of hydrogen-bond acceptors (Lipinski definition) is 5. The van der Waals surface area contributed by atoms with Gasteiger partial charge in [0, 0.05) is 7.05 Å². The highest BCUT2D eigenvalue weighted by atomic mass is 32.1. The van der Waals surface area contributed by atoms with E-state index in [9.17, 15) is 22.8 Å². The fourth-order valence-electron chi connectivity index (χ4n) is 2.60. The quantitative estimate of drug-likeness (QED) is 0.814. The number of nitrogens with two attached hydrogens (primary N) is 1. The molecule has 0 radical (unpaired) electrons. The maximum atomic E-state index is 13.8. The second kappa shape index (κ2) is 4.82. The lowest BCUT2D eigenvalue weighted by Crippen LogP contribution is -2.69. The lowest BCUT2D eigenvalue weighted by molar-refractivity contribution is -0.214. The fraction of sp³-hybridized carbons (Fsp3) is 0.308. The highest BCUT2D eigenvalue weighted by Crippen LogP contribution is 2.43. The van der Waals surface area contributed by atoms with Crippen molar-refractivity contribution < 1.29 is 22.8 Å². The molecule has 1 unspecified atom stereocenters. The molecule has 0 bridgehead atoms. The summed E-state index contributed by atoms with van der Waals surface area (Å²) in [5, 5.41) is 2.04. The van der Waals surface area contributed by atoms with Crippen LogP contribution >= 0.6 is 11.3 Å². The Bertz CT molecular complexity index is 819. The van der Waals surface area contributed by atoms with Crippen molar-refractivity contribution in [3.05, 3.63) is 23.8 Å². The van der Waals surface area contributed by atoms with Crippen LogP contribution in [0.2, 0.25) is 0 Å². The van der Waals surface area contributed by atoms with Crippen LogP contribution < -0.4 is 11.1 Å². The largest absolute Gasteiger partial charge is 0.425 e. The molecule has 1 fully saturated rings. The number of nitrogens with one attached hydrogen (secondary N) is 1. The van der Waals surface area contributed by atoms with Crippen molar-refractivity contribution in [3.63, 3.8) is 0 Å². The maximum absolute atomic E-state index is 13.8. The predicted molar refractivity (Wildman–Crippen MR) is 77.5 cm³/mol. The summed E-state index contributed by atoms with van der Waals surface area (Å²) in [6, 6.07) is 3.67. The van der Waals surface area contributed by atoms with E-state index in [4.69, 9.17) is 5.73 Å². The molecule has 122 valence electrons. The van der Waals surface area contributed by atoms with Crippen molar-refractivity contribution in [2.24, 2.45) is 0 Å². The van der Waals surface area contributed by atoms with Crippen LogP contribution in [0.15, 0.2) is 18.2 Å². The van der Waals surface area contributed by atoms with Crippen molar-refractivity contribution in [2.45, 2.75) is 11.7 Å². The summed E-state index contributed by atoms with van der Waals surface area (Å²) < 4.78 is 41.8. The van der Waals surface area contributed by atoms with E-state index in [1.165, 1.54) is 12.1 Å². The van der Waals surface area contributed by atoms with E-state index in [0.29, 0.717) is 10.2 Å². The van der Waals surface area contributed by atoms with Crippen molar-refractivity contribution >= 4 is 38.5 Å². The topological polar surface area (TPSA) is 88.3 Å². The van der Waals surface area contributed by atoms with Crippen molar-refractivity contribution in [1.29, 1.82) is 0 Å². The van der Waals surface area contributed by atoms with Gasteiger partial charge in [0.2, 0.25) is 11.4 Å². The van der Waals surface area contributed by atoms with Gasteiger partial charge in [0.15, 0.2) is 5.13 Å². The van der Waals surface area contributed by atoms with Crippen molar-refractivity contribution in [2.75, 3.05) is 19.3 Å². The van der Waals surface area contributed by atoms with Gasteiger partial charge in [-0.2, -0.15) is 13.2 Å². The van der Waals surface area contributed by atoms with Crippen LogP contribution in [-0.4, -0.2) is 41.5 Å². The van der Waals surface area contributed by atoms with E-state index in [1.54, 1.807) is 0 Å². The zero-order valence-electron chi connectivity index (χ0n) is 11.8. The molecule has 3 N–H and O–H groups in total. The molecule has 0 saturated carbocycles. The monoisotopic (exact) mass is 344 g/mol. The molecule has 0 spiro atoms. The van der Waals surface area contributed by atoms with E-state index < -0.39 is 30.1 Å². The highest BCUT2D eigenvalue weighted by Gasteiger charge is 2.65. The molecular weight excluding hydrogens is 333 g/mol. The van der Waals surface area contributed by atoms with Crippen LogP contribution in [0.25, 0.3) is 10.2 Å². The highest BCUT2D eigenvalue weighted by molar-refractivity contribution is 7.22. The van der Waals surface area contributed by atoms with Gasteiger partial charge in [-0.3, -0.25) is 9.59 Å². The van der Waals surface area contributed by atoms with Gasteiger partial charge in [0.05, 0.1) is 16.8 Å². The van der Waals surface area contributed by atoms with Gasteiger partial charge in [-0.15, -0.1) is 0 Å². The number of benzene rings is 1. The average molecular weight is 344 g/mol. The molecule has 23 heavy (non-hydrogen) atoms. The van der Waals surface area contributed by atoms with E-state index in [2.05, 4.69) is 4.98 Å². The first-order chi connectivity index (χ1) is 10.6. The number of carbonyl (C=O) groups is 2. The molecule has 1 aromatic heterocycles. The minimum absolute atomic E-state index is 0.203. The van der Waals surface area contributed by atoms with Gasteiger partial charge >= 0.3 is 6.18 Å². The van der Waals surface area contributed by atoms with Crippen LogP contribution in [0.3, 0.4) is 0 Å². The number of rotatable bonds is 1. The minimum Gasteiger partial charge on any atom is -0.375 e. The lowest BCUT2D eigenvalue weighted by atomic mass is 9.85. The smallest absolute Gasteiger partial charge is 0.375 e. The summed E-state index contributed by atoms with van der Waals surface area (Å²) in [5.74, 6) is -2.12. The molecular formula is C13H11F3N4O2S. The fourth-order valence-corrected chi connectivity index (χ4v) is 3.38. The number of halogens is 3. The van der Waals surface area contributed by atoms with Gasteiger partial charge in [0.1, 0.15) is 0 Å². The van der Waals surface area contributed by atoms with Crippen LogP contribution in [0.1, 0.15) is 5.56 Å². The summed E-state index contributed by atoms with van der Waals surface area (Å²) in [6.07, 6.45) is -5.00. The Labute approximate surface area is 132 Å². The number of hydrogen-bond donors (Lipinski definition) is 2. The number of fused-ring (bicyclic) bond motifs is 1. The van der Waals surface area contributed by atoms with Gasteiger partial charge in [-0.25, -0.2) is 4.98 Å². The second-order valence-electron chi connectivity index (χ2n) is 5.19. The number of anilines is 1. The average Bonchev–Trinajstić information content (AvgIpc) is 2.80. The first-order valence-corrected chi connectivity index (χ1v) is 7.26. The SMILES string of the molecule is CN1CC(=O)NC(c2ccc3nc(N)sc3c2)(C(F)(F)F)C1=O. The number of piperazine rings is 1. The van der Waals surface area contributed by atoms with E-state index >= 15 is 0 Å². The van der Waals surface area contributed by atoms with Crippen molar-refractivity contribution in [1.82, 2.24) is 15.2 Å². The molecule has 1 saturated heterocycles. The third kappa shape index (κ3) is 2.21. The Balaban J connectivity index is 2.25. The molecule has 1 aromatic carbocycles. The number of thiazole rings is 1. The minimum atomic E-state index is -5.00. The van der Waals surface area contributed by atoms with Gasteiger partial charge in [0.25, 0.3) is 5.91 Å². The number of carbonyl (C=O) groups excluding carboxylic acids is 2. The number of nitrogens with zero attached hydrogens (tertiary/aromatic N) is 2. The van der Waals surface area contributed by atoms with Crippen LogP contribution in [-0.2, 0) is 15.1 Å². The first kappa shape index (κ1) is 15.5. The van der Waals surface area contributed by atoms with Crippen LogP contribution in [0, 0.1) is 0 Å². The molecule has 6 nitrogen and oxygen atoms in total. The summed E-state index contributed by atoms with van der Waals surface area (Å²) in [7, 11) is 1.16. The molecule has 1 aliphatic rings. The zero-order chi connectivity index (χ0) is 17.0. The molecule has 2 amide bonds. The van der Waals surface area contributed by atoms with Crippen LogP contribution in [0.4, 0.5) is 18.3 Å². The first-order valence-electron chi connectivity index (χ1n) is 6.45. The summed E-state index contributed by atoms with van der Waals surface area (Å²) >= 11 is 1.00. The molecule has 3 rings (SSSR count). The molecule has 10 heteroatoms. The Morgan fingerprint density at radius 1 is 1.39 bits per heavy atom. The number of aromatic nitrogens is 1. The molecule has 1 atom stereocenters. The summed E-state index contributed by atoms with van der Waals surface area (Å²) in [4.78, 5) is 28.8. The Morgan fingerprint density at radius 3 is 2.74 bits per heavy atom. The number of likely N-dealkylation sites (N-methyl/N-ethyl adjacent to an activating group) is 1. The van der Waals surface area contributed by atoms with Gasteiger partial charge < -0.3 is 16.0 Å². The molecule has 1 aliphatic heterocycles. The number of alkyl halides is 3. The maximum Gasteiger partial charge on any atom is 0.425 e. The number of amides is 2. The Kier molecular flexibility index (Phi) is 3.25. The third-order valence-corrected chi connectivity index (χ3v) is 4.49. The van der Waals surface area contributed by atoms with Crippen molar-refractivity contribution in [3.8, 4) is 0 Å². The standard InChI is InChI=1S/C13H11F3N4O2S/c1-20-5-9(21)19-12(10(20)22,13(14,15)16)6-2-3-7-8(4-6)23-11(17)18-7/h2-4H,5H2,1H3,(H2,17,18)(H,19,21).